The standard InChI is InChI=1S/C19H27N3O2/c1-14(18(20)15-7-3-2-4-8-15)19(24)21-11-5-9-16(13-21)22-12-6-10-17(22)23/h2-4,7-8,14,16,18H,5-6,9-13,20H2,1H3/t14-,16-,18-/m0/s1. The highest BCUT2D eigenvalue weighted by Crippen LogP contribution is 2.25. The summed E-state index contributed by atoms with van der Waals surface area (Å²) >= 11 is 0. The van der Waals surface area contributed by atoms with Gasteiger partial charge in [-0.3, -0.25) is 9.59 Å². The molecule has 24 heavy (non-hydrogen) atoms. The predicted molar refractivity (Wildman–Crippen MR) is 93.1 cm³/mol. The average molecular weight is 329 g/mol. The maximum atomic E-state index is 12.9. The predicted octanol–water partition coefficient (Wildman–Crippen LogP) is 1.94. The minimum Gasteiger partial charge on any atom is -0.340 e. The zero-order valence-electron chi connectivity index (χ0n) is 14.4. The van der Waals surface area contributed by atoms with E-state index >= 15 is 0 Å². The van der Waals surface area contributed by atoms with E-state index in [0.29, 0.717) is 13.0 Å². The fourth-order valence-electron chi connectivity index (χ4n) is 3.87. The van der Waals surface area contributed by atoms with Gasteiger partial charge in [0, 0.05) is 38.1 Å². The smallest absolute Gasteiger partial charge is 0.227 e. The monoisotopic (exact) mass is 329 g/mol. The van der Waals surface area contributed by atoms with Crippen molar-refractivity contribution in [2.24, 2.45) is 11.7 Å². The third-order valence-electron chi connectivity index (χ3n) is 5.37. The fourth-order valence-corrected chi connectivity index (χ4v) is 3.87. The van der Waals surface area contributed by atoms with Gasteiger partial charge in [0.05, 0.1) is 5.92 Å². The molecule has 5 heteroatoms. The summed E-state index contributed by atoms with van der Waals surface area (Å²) in [5.41, 5.74) is 7.30. The lowest BCUT2D eigenvalue weighted by atomic mass is 9.93. The van der Waals surface area contributed by atoms with Crippen LogP contribution in [0.3, 0.4) is 0 Å². The summed E-state index contributed by atoms with van der Waals surface area (Å²) in [5.74, 6) is 0.0754. The molecule has 2 aliphatic rings. The lowest BCUT2D eigenvalue weighted by Crippen LogP contribution is -2.52. The molecule has 0 unspecified atom stereocenters. The van der Waals surface area contributed by atoms with Crippen molar-refractivity contribution >= 4 is 11.8 Å². The van der Waals surface area contributed by atoms with E-state index in [4.69, 9.17) is 5.73 Å². The highest BCUT2D eigenvalue weighted by molar-refractivity contribution is 5.80. The lowest BCUT2D eigenvalue weighted by Gasteiger charge is -2.39. The maximum Gasteiger partial charge on any atom is 0.227 e. The van der Waals surface area contributed by atoms with Gasteiger partial charge in [-0.25, -0.2) is 0 Å². The van der Waals surface area contributed by atoms with E-state index in [1.807, 2.05) is 47.1 Å². The van der Waals surface area contributed by atoms with E-state index in [-0.39, 0.29) is 29.8 Å². The third-order valence-corrected chi connectivity index (χ3v) is 5.37. The van der Waals surface area contributed by atoms with Crippen LogP contribution in [0.2, 0.25) is 0 Å². The Morgan fingerprint density at radius 2 is 1.96 bits per heavy atom. The first-order chi connectivity index (χ1) is 11.6. The summed E-state index contributed by atoms with van der Waals surface area (Å²) in [7, 11) is 0. The Balaban J connectivity index is 1.64. The molecule has 2 amide bonds. The van der Waals surface area contributed by atoms with Crippen molar-refractivity contribution in [3.05, 3.63) is 35.9 Å². The number of piperidine rings is 1. The van der Waals surface area contributed by atoms with Crippen LogP contribution in [0, 0.1) is 5.92 Å². The van der Waals surface area contributed by atoms with E-state index in [9.17, 15) is 9.59 Å². The molecule has 3 rings (SSSR count). The Morgan fingerprint density at radius 3 is 2.62 bits per heavy atom. The van der Waals surface area contributed by atoms with Gasteiger partial charge in [-0.05, 0) is 24.8 Å². The van der Waals surface area contributed by atoms with Crippen molar-refractivity contribution in [3.8, 4) is 0 Å². The van der Waals surface area contributed by atoms with Crippen LogP contribution in [0.25, 0.3) is 0 Å². The van der Waals surface area contributed by atoms with Crippen molar-refractivity contribution < 1.29 is 9.59 Å². The first-order valence-corrected chi connectivity index (χ1v) is 8.96. The molecule has 1 aromatic carbocycles. The van der Waals surface area contributed by atoms with E-state index in [1.165, 1.54) is 0 Å². The summed E-state index contributed by atoms with van der Waals surface area (Å²) in [6.07, 6.45) is 3.54. The summed E-state index contributed by atoms with van der Waals surface area (Å²) in [6.45, 7) is 4.16. The van der Waals surface area contributed by atoms with Crippen molar-refractivity contribution in [3.63, 3.8) is 0 Å². The zero-order chi connectivity index (χ0) is 17.1. The Bertz CT molecular complexity index is 590. The molecule has 2 fully saturated rings. The molecule has 1 aromatic rings. The third kappa shape index (κ3) is 3.46. The van der Waals surface area contributed by atoms with Crippen LogP contribution in [0.4, 0.5) is 0 Å². The Labute approximate surface area is 143 Å². The van der Waals surface area contributed by atoms with Crippen LogP contribution in [-0.4, -0.2) is 47.3 Å². The van der Waals surface area contributed by atoms with Crippen LogP contribution in [0.15, 0.2) is 30.3 Å². The molecular weight excluding hydrogens is 302 g/mol. The topological polar surface area (TPSA) is 66.6 Å². The molecule has 2 N–H and O–H groups in total. The van der Waals surface area contributed by atoms with E-state index in [2.05, 4.69) is 0 Å². The number of carbonyl (C=O) groups is 2. The van der Waals surface area contributed by atoms with Crippen molar-refractivity contribution in [2.75, 3.05) is 19.6 Å². The summed E-state index contributed by atoms with van der Waals surface area (Å²) in [5, 5.41) is 0. The number of nitrogens with zero attached hydrogens (tertiary/aromatic N) is 2. The SMILES string of the molecule is C[C@H](C(=O)N1CCC[C@H](N2CCCC2=O)C1)[C@H](N)c1ccccc1. The number of amides is 2. The first kappa shape index (κ1) is 17.0. The molecule has 2 heterocycles. The van der Waals surface area contributed by atoms with Gasteiger partial charge in [0.25, 0.3) is 0 Å². The number of rotatable bonds is 4. The van der Waals surface area contributed by atoms with Crippen LogP contribution in [0.1, 0.15) is 44.2 Å². The van der Waals surface area contributed by atoms with Crippen LogP contribution in [-0.2, 0) is 9.59 Å². The second-order valence-electron chi connectivity index (χ2n) is 7.00. The van der Waals surface area contributed by atoms with Crippen LogP contribution < -0.4 is 5.73 Å². The molecule has 0 spiro atoms. The molecule has 0 radical (unpaired) electrons. The van der Waals surface area contributed by atoms with Gasteiger partial charge in [0.15, 0.2) is 0 Å². The van der Waals surface area contributed by atoms with Gasteiger partial charge in [-0.2, -0.15) is 0 Å². The molecule has 3 atom stereocenters. The highest BCUT2D eigenvalue weighted by Gasteiger charge is 2.35. The van der Waals surface area contributed by atoms with Crippen molar-refractivity contribution in [2.45, 2.75) is 44.7 Å². The summed E-state index contributed by atoms with van der Waals surface area (Å²) in [4.78, 5) is 28.8. The van der Waals surface area contributed by atoms with Gasteiger partial charge < -0.3 is 15.5 Å². The highest BCUT2D eigenvalue weighted by atomic mass is 16.2. The van der Waals surface area contributed by atoms with Crippen LogP contribution in [0.5, 0.6) is 0 Å². The zero-order valence-corrected chi connectivity index (χ0v) is 14.4. The summed E-state index contributed by atoms with van der Waals surface area (Å²) < 4.78 is 0. The second-order valence-corrected chi connectivity index (χ2v) is 7.00. The first-order valence-electron chi connectivity index (χ1n) is 8.96. The number of hydrogen-bond acceptors (Lipinski definition) is 3. The lowest BCUT2D eigenvalue weighted by molar-refractivity contribution is -0.140. The minimum absolute atomic E-state index is 0.0997. The van der Waals surface area contributed by atoms with E-state index in [0.717, 1.165) is 37.9 Å². The molecule has 0 saturated carbocycles. The molecule has 0 bridgehead atoms. The molecule has 2 saturated heterocycles. The molecular formula is C19H27N3O2. The van der Waals surface area contributed by atoms with Gasteiger partial charge in [-0.1, -0.05) is 37.3 Å². The largest absolute Gasteiger partial charge is 0.340 e. The quantitative estimate of drug-likeness (QED) is 0.918. The number of likely N-dealkylation sites (tertiary alicyclic amines) is 2. The average Bonchev–Trinajstić information content (AvgIpc) is 3.06. The van der Waals surface area contributed by atoms with Gasteiger partial charge in [0.1, 0.15) is 0 Å². The fraction of sp³-hybridized carbons (Fsp3) is 0.579. The number of benzene rings is 1. The Hall–Kier alpha value is -1.88. The van der Waals surface area contributed by atoms with E-state index < -0.39 is 0 Å². The molecule has 130 valence electrons. The van der Waals surface area contributed by atoms with Gasteiger partial charge >= 0.3 is 0 Å². The Kier molecular flexibility index (Phi) is 5.19. The molecule has 0 aliphatic carbocycles. The molecule has 0 aromatic heterocycles. The number of nitrogens with two attached hydrogens (primary N) is 1. The second kappa shape index (κ2) is 7.34. The van der Waals surface area contributed by atoms with E-state index in [1.54, 1.807) is 0 Å². The van der Waals surface area contributed by atoms with Crippen molar-refractivity contribution in [1.29, 1.82) is 0 Å². The summed E-state index contributed by atoms with van der Waals surface area (Å²) in [6, 6.07) is 9.66. The Morgan fingerprint density at radius 1 is 1.21 bits per heavy atom. The van der Waals surface area contributed by atoms with Crippen LogP contribution >= 0.6 is 0 Å². The maximum absolute atomic E-state index is 12.9. The number of carbonyl (C=O) groups excluding carboxylic acids is 2. The van der Waals surface area contributed by atoms with Crippen molar-refractivity contribution in [1.82, 2.24) is 9.80 Å². The minimum atomic E-state index is -0.299. The normalized spacial score (nSPS) is 24.1. The number of hydrogen-bond donors (Lipinski definition) is 1. The molecule has 2 aliphatic heterocycles. The molecule has 5 nitrogen and oxygen atoms in total. The van der Waals surface area contributed by atoms with Gasteiger partial charge in [0.2, 0.25) is 11.8 Å². The van der Waals surface area contributed by atoms with Gasteiger partial charge in [-0.15, -0.1) is 0 Å².